The van der Waals surface area contributed by atoms with Crippen molar-refractivity contribution in [3.8, 4) is 0 Å². The molecule has 0 aliphatic rings. The largest absolute Gasteiger partial charge is 0.444 e. The number of carbonyl (C=O) groups excluding carboxylic acids is 1. The molecule has 208 valence electrons. The van der Waals surface area contributed by atoms with Crippen molar-refractivity contribution in [2.24, 2.45) is 16.3 Å². The Kier molecular flexibility index (Phi) is 13.1. The molecule has 0 heterocycles. The van der Waals surface area contributed by atoms with Gasteiger partial charge in [0, 0.05) is 43.2 Å². The second kappa shape index (κ2) is 15.0. The molecule has 1 rings (SSSR count). The van der Waals surface area contributed by atoms with Gasteiger partial charge in [0.25, 0.3) is 0 Å². The summed E-state index contributed by atoms with van der Waals surface area (Å²) in [5.41, 5.74) is 0.878. The first kappa shape index (κ1) is 32.4. The number of benzene rings is 1. The van der Waals surface area contributed by atoms with Crippen molar-refractivity contribution in [2.75, 3.05) is 25.5 Å². The minimum Gasteiger partial charge on any atom is -0.444 e. The van der Waals surface area contributed by atoms with Gasteiger partial charge < -0.3 is 15.0 Å². The van der Waals surface area contributed by atoms with Gasteiger partial charge in [-0.15, -0.1) is 6.58 Å². The number of ether oxygens (including phenoxy) is 1. The average Bonchev–Trinajstić information content (AvgIpc) is 2.82. The second-order valence-electron chi connectivity index (χ2n) is 10.5. The summed E-state index contributed by atoms with van der Waals surface area (Å²) in [7, 11) is 1.86. The van der Waals surface area contributed by atoms with Crippen LogP contribution in [0.3, 0.4) is 0 Å². The lowest BCUT2D eigenvalue weighted by Gasteiger charge is -2.35. The highest BCUT2D eigenvalue weighted by Gasteiger charge is 2.30. The summed E-state index contributed by atoms with van der Waals surface area (Å²) in [6.45, 7) is 20.3. The SMILES string of the molecule is C=CCN(C(=O)OC(C)(C)C)C(C)C(C)[C@H](C)/N=N\N(C)CCC(Nc1cc(Cl)ccc1F)/C(C)=C/C. The number of rotatable bonds is 13. The molecule has 7 nitrogen and oxygen atoms in total. The molecule has 0 aromatic heterocycles. The van der Waals surface area contributed by atoms with E-state index in [-0.39, 0.29) is 36.0 Å². The lowest BCUT2D eigenvalue weighted by atomic mass is 9.95. The maximum absolute atomic E-state index is 14.3. The zero-order valence-corrected chi connectivity index (χ0v) is 24.6. The van der Waals surface area contributed by atoms with Gasteiger partial charge in [0.05, 0.1) is 11.7 Å². The minimum absolute atomic E-state index is 0.0232. The van der Waals surface area contributed by atoms with Crippen LogP contribution in [0.25, 0.3) is 0 Å². The minimum atomic E-state index is -0.579. The topological polar surface area (TPSA) is 69.5 Å². The van der Waals surface area contributed by atoms with E-state index in [9.17, 15) is 9.18 Å². The van der Waals surface area contributed by atoms with E-state index in [4.69, 9.17) is 16.3 Å². The Labute approximate surface area is 227 Å². The molecule has 0 saturated carbocycles. The number of carbonyl (C=O) groups is 1. The van der Waals surface area contributed by atoms with Crippen molar-refractivity contribution in [3.63, 3.8) is 0 Å². The highest BCUT2D eigenvalue weighted by Crippen LogP contribution is 2.24. The number of nitrogens with zero attached hydrogens (tertiary/aromatic N) is 4. The first-order chi connectivity index (χ1) is 17.2. The lowest BCUT2D eigenvalue weighted by Crippen LogP contribution is -2.46. The molecule has 4 atom stereocenters. The van der Waals surface area contributed by atoms with Crippen molar-refractivity contribution in [1.29, 1.82) is 0 Å². The molecule has 0 aliphatic heterocycles. The van der Waals surface area contributed by atoms with E-state index >= 15 is 0 Å². The lowest BCUT2D eigenvalue weighted by molar-refractivity contribution is 0.0143. The fourth-order valence-electron chi connectivity index (χ4n) is 3.60. The zero-order valence-electron chi connectivity index (χ0n) is 23.9. The summed E-state index contributed by atoms with van der Waals surface area (Å²) >= 11 is 6.05. The van der Waals surface area contributed by atoms with Crippen molar-refractivity contribution < 1.29 is 13.9 Å². The van der Waals surface area contributed by atoms with Crippen LogP contribution in [0, 0.1) is 11.7 Å². The smallest absolute Gasteiger partial charge is 0.410 e. The average molecular weight is 538 g/mol. The first-order valence-corrected chi connectivity index (χ1v) is 13.1. The summed E-state index contributed by atoms with van der Waals surface area (Å²) in [6, 6.07) is 4.11. The van der Waals surface area contributed by atoms with Crippen molar-refractivity contribution in [2.45, 2.75) is 85.5 Å². The van der Waals surface area contributed by atoms with Crippen LogP contribution in [0.4, 0.5) is 14.9 Å². The maximum atomic E-state index is 14.3. The highest BCUT2D eigenvalue weighted by atomic mass is 35.5. The number of nitrogens with one attached hydrogen (secondary N) is 1. The van der Waals surface area contributed by atoms with Crippen LogP contribution < -0.4 is 5.32 Å². The van der Waals surface area contributed by atoms with E-state index in [1.165, 1.54) is 12.1 Å². The first-order valence-electron chi connectivity index (χ1n) is 12.8. The number of hydrogen-bond acceptors (Lipinski definition) is 5. The van der Waals surface area contributed by atoms with E-state index in [0.717, 1.165) is 5.57 Å². The van der Waals surface area contributed by atoms with Gasteiger partial charge >= 0.3 is 6.09 Å². The number of hydrogen-bond donors (Lipinski definition) is 1. The third-order valence-electron chi connectivity index (χ3n) is 6.36. The molecule has 0 bridgehead atoms. The normalized spacial score (nSPS) is 15.6. The Bertz CT molecular complexity index is 947. The molecule has 0 aliphatic carbocycles. The van der Waals surface area contributed by atoms with Crippen LogP contribution in [-0.2, 0) is 4.74 Å². The molecule has 9 heteroatoms. The fourth-order valence-corrected chi connectivity index (χ4v) is 3.77. The summed E-state index contributed by atoms with van der Waals surface area (Å²) in [6.07, 6.45) is 4.01. The Hall–Kier alpha value is -2.61. The monoisotopic (exact) mass is 537 g/mol. The number of amides is 1. The van der Waals surface area contributed by atoms with Crippen LogP contribution in [0.2, 0.25) is 5.02 Å². The predicted octanol–water partition coefficient (Wildman–Crippen LogP) is 7.75. The molecule has 1 aromatic rings. The standard InChI is InChI=1S/C28H45ClFN5O2/c1-11-16-35(27(36)37-28(7,8)9)22(6)20(4)21(5)32-33-34(10)17-15-25(19(3)12-2)31-26-18-23(29)13-14-24(26)30/h11-14,18,20-22,25,31H,1,15-17H2,2-10H3/b19-12+,33-32-/t20?,21-,22?,25?/m0/s1. The predicted molar refractivity (Wildman–Crippen MR) is 152 cm³/mol. The van der Waals surface area contributed by atoms with Gasteiger partial charge in [-0.25, -0.2) is 9.18 Å². The van der Waals surface area contributed by atoms with Crippen LogP contribution in [0.15, 0.2) is 52.8 Å². The summed E-state index contributed by atoms with van der Waals surface area (Å²) in [4.78, 5) is 14.4. The maximum Gasteiger partial charge on any atom is 0.410 e. The molecular formula is C28H45ClFN5O2. The van der Waals surface area contributed by atoms with Gasteiger partial charge in [0.1, 0.15) is 11.4 Å². The molecule has 1 N–H and O–H groups in total. The van der Waals surface area contributed by atoms with Gasteiger partial charge in [-0.05, 0) is 73.1 Å². The van der Waals surface area contributed by atoms with E-state index in [1.54, 1.807) is 22.1 Å². The number of allylic oxidation sites excluding steroid dienone is 1. The van der Waals surface area contributed by atoms with Crippen molar-refractivity contribution in [3.05, 3.63) is 53.3 Å². The Balaban J connectivity index is 2.81. The summed E-state index contributed by atoms with van der Waals surface area (Å²) in [5.74, 6) is -0.324. The number of halogens is 2. The van der Waals surface area contributed by atoms with E-state index < -0.39 is 5.60 Å². The van der Waals surface area contributed by atoms with E-state index in [0.29, 0.717) is 30.2 Å². The van der Waals surface area contributed by atoms with Gasteiger partial charge in [0.15, 0.2) is 0 Å². The Morgan fingerprint density at radius 1 is 1.30 bits per heavy atom. The van der Waals surface area contributed by atoms with Crippen molar-refractivity contribution in [1.82, 2.24) is 9.91 Å². The van der Waals surface area contributed by atoms with Crippen LogP contribution in [0.1, 0.15) is 61.8 Å². The Morgan fingerprint density at radius 3 is 2.51 bits per heavy atom. The van der Waals surface area contributed by atoms with Crippen LogP contribution in [0.5, 0.6) is 0 Å². The summed E-state index contributed by atoms with van der Waals surface area (Å²) in [5, 5.41) is 14.4. The van der Waals surface area contributed by atoms with Crippen LogP contribution >= 0.6 is 11.6 Å². The highest BCUT2D eigenvalue weighted by molar-refractivity contribution is 6.30. The number of anilines is 1. The molecule has 3 unspecified atom stereocenters. The van der Waals surface area contributed by atoms with Crippen molar-refractivity contribution >= 4 is 23.4 Å². The molecule has 0 radical (unpaired) electrons. The quantitative estimate of drug-likeness (QED) is 0.159. The molecule has 1 aromatic carbocycles. The van der Waals surface area contributed by atoms with Gasteiger partial charge in [-0.3, -0.25) is 5.01 Å². The molecule has 37 heavy (non-hydrogen) atoms. The molecular weight excluding hydrogens is 493 g/mol. The van der Waals surface area contributed by atoms with Gasteiger partial charge in [-0.2, -0.15) is 5.11 Å². The summed E-state index contributed by atoms with van der Waals surface area (Å²) < 4.78 is 19.8. The second-order valence-corrected chi connectivity index (χ2v) is 10.9. The van der Waals surface area contributed by atoms with E-state index in [1.807, 2.05) is 68.5 Å². The van der Waals surface area contributed by atoms with Gasteiger partial charge in [-0.1, -0.05) is 41.5 Å². The molecule has 0 saturated heterocycles. The third-order valence-corrected chi connectivity index (χ3v) is 6.59. The molecule has 0 spiro atoms. The van der Waals surface area contributed by atoms with E-state index in [2.05, 4.69) is 22.2 Å². The Morgan fingerprint density at radius 2 is 1.95 bits per heavy atom. The fraction of sp³-hybridized carbons (Fsp3) is 0.607. The zero-order chi connectivity index (χ0) is 28.3. The molecule has 0 fully saturated rings. The third kappa shape index (κ3) is 11.1. The molecule has 1 amide bonds. The van der Waals surface area contributed by atoms with Crippen LogP contribution in [-0.4, -0.2) is 59.9 Å². The van der Waals surface area contributed by atoms with Gasteiger partial charge in [0.2, 0.25) is 0 Å².